The fraction of sp³-hybridized carbons (Fsp3) is 0.600. The van der Waals surface area contributed by atoms with E-state index in [1.165, 1.54) is 0 Å². The summed E-state index contributed by atoms with van der Waals surface area (Å²) < 4.78 is 31.7. The van der Waals surface area contributed by atoms with Crippen molar-refractivity contribution in [3.05, 3.63) is 17.8 Å². The summed E-state index contributed by atoms with van der Waals surface area (Å²) in [6.07, 6.45) is -1.06. The van der Waals surface area contributed by atoms with Crippen molar-refractivity contribution in [2.24, 2.45) is 0 Å². The average molecular weight is 461 g/mol. The SMILES string of the molecule is CCCCN(C)C(=O)c1cc(NC(=O)CC)cnc1N1CCNCC1.O=C(O)C(F)(F)F. The highest BCUT2D eigenvalue weighted by Gasteiger charge is 2.38. The molecule has 1 aromatic heterocycles. The number of carbonyl (C=O) groups is 3. The molecular formula is C20H30F3N5O4. The molecule has 1 fully saturated rings. The molecule has 1 aromatic rings. The van der Waals surface area contributed by atoms with Gasteiger partial charge in [0.05, 0.1) is 17.4 Å². The van der Waals surface area contributed by atoms with Crippen LogP contribution in [0.2, 0.25) is 0 Å². The highest BCUT2D eigenvalue weighted by atomic mass is 19.4. The zero-order valence-corrected chi connectivity index (χ0v) is 18.5. The van der Waals surface area contributed by atoms with E-state index >= 15 is 0 Å². The van der Waals surface area contributed by atoms with E-state index in [9.17, 15) is 22.8 Å². The Kier molecular flexibility index (Phi) is 10.9. The smallest absolute Gasteiger partial charge is 0.475 e. The van der Waals surface area contributed by atoms with Gasteiger partial charge in [-0.05, 0) is 12.5 Å². The van der Waals surface area contributed by atoms with Gasteiger partial charge in [-0.2, -0.15) is 13.2 Å². The summed E-state index contributed by atoms with van der Waals surface area (Å²) in [5.74, 6) is -2.20. The van der Waals surface area contributed by atoms with Gasteiger partial charge in [-0.15, -0.1) is 0 Å². The Bertz CT molecular complexity index is 783. The average Bonchev–Trinajstić information content (AvgIpc) is 2.77. The first-order valence-electron chi connectivity index (χ1n) is 10.3. The van der Waals surface area contributed by atoms with Gasteiger partial charge < -0.3 is 25.5 Å². The molecule has 12 heteroatoms. The van der Waals surface area contributed by atoms with Crippen molar-refractivity contribution in [3.8, 4) is 0 Å². The number of hydrogen-bond acceptors (Lipinski definition) is 6. The van der Waals surface area contributed by atoms with E-state index < -0.39 is 12.1 Å². The van der Waals surface area contributed by atoms with Gasteiger partial charge in [0, 0.05) is 46.2 Å². The van der Waals surface area contributed by atoms with Crippen LogP contribution in [0, 0.1) is 0 Å². The first-order valence-corrected chi connectivity index (χ1v) is 10.3. The predicted molar refractivity (Wildman–Crippen MR) is 114 cm³/mol. The van der Waals surface area contributed by atoms with Crippen molar-refractivity contribution >= 4 is 29.3 Å². The second-order valence-corrected chi connectivity index (χ2v) is 7.12. The minimum absolute atomic E-state index is 0.0536. The number of amides is 2. The molecular weight excluding hydrogens is 431 g/mol. The number of unbranched alkanes of at least 4 members (excludes halogenated alkanes) is 1. The number of rotatable bonds is 7. The number of carboxylic acids is 1. The highest BCUT2D eigenvalue weighted by Crippen LogP contribution is 2.23. The van der Waals surface area contributed by atoms with E-state index in [1.54, 1.807) is 24.1 Å². The molecule has 2 amide bonds. The van der Waals surface area contributed by atoms with Crippen molar-refractivity contribution in [3.63, 3.8) is 0 Å². The number of carbonyl (C=O) groups excluding carboxylic acids is 2. The van der Waals surface area contributed by atoms with E-state index in [0.29, 0.717) is 30.0 Å². The summed E-state index contributed by atoms with van der Waals surface area (Å²) in [6, 6.07) is 1.75. The zero-order chi connectivity index (χ0) is 24.3. The van der Waals surface area contributed by atoms with Crippen LogP contribution in [0.15, 0.2) is 12.3 Å². The maximum Gasteiger partial charge on any atom is 0.490 e. The Labute approximate surface area is 185 Å². The number of hydrogen-bond donors (Lipinski definition) is 3. The van der Waals surface area contributed by atoms with Crippen LogP contribution >= 0.6 is 0 Å². The molecule has 0 saturated carbocycles. The molecule has 0 aromatic carbocycles. The second-order valence-electron chi connectivity index (χ2n) is 7.12. The quantitative estimate of drug-likeness (QED) is 0.571. The van der Waals surface area contributed by atoms with Gasteiger partial charge >= 0.3 is 12.1 Å². The largest absolute Gasteiger partial charge is 0.490 e. The van der Waals surface area contributed by atoms with Crippen LogP contribution in [0.4, 0.5) is 24.7 Å². The van der Waals surface area contributed by atoms with Gasteiger partial charge in [0.1, 0.15) is 5.82 Å². The van der Waals surface area contributed by atoms with Crippen LogP contribution in [0.3, 0.4) is 0 Å². The fourth-order valence-electron chi connectivity index (χ4n) is 2.76. The molecule has 0 atom stereocenters. The highest BCUT2D eigenvalue weighted by molar-refractivity contribution is 6.01. The van der Waals surface area contributed by atoms with E-state index in [-0.39, 0.29) is 11.8 Å². The Hall–Kier alpha value is -2.89. The van der Waals surface area contributed by atoms with Crippen molar-refractivity contribution < 1.29 is 32.7 Å². The Morgan fingerprint density at radius 1 is 1.25 bits per heavy atom. The molecule has 2 rings (SSSR count). The number of halogens is 3. The van der Waals surface area contributed by atoms with E-state index in [0.717, 1.165) is 39.0 Å². The number of pyridine rings is 1. The number of aliphatic carboxylic acids is 1. The molecule has 0 radical (unpaired) electrons. The standard InChI is InChI=1S/C18H29N5O2.C2HF3O2/c1-4-6-9-22(3)18(25)15-12-14(21-16(24)5-2)13-20-17(15)23-10-7-19-8-11-23;3-2(4,5)1(6)7/h12-13,19H,4-11H2,1-3H3,(H,21,24);(H,6,7). The maximum absolute atomic E-state index is 13.0. The monoisotopic (exact) mass is 461 g/mol. The number of aromatic nitrogens is 1. The van der Waals surface area contributed by atoms with Crippen LogP contribution in [-0.4, -0.2) is 78.7 Å². The predicted octanol–water partition coefficient (Wildman–Crippen LogP) is 2.35. The van der Waals surface area contributed by atoms with Crippen LogP contribution in [0.25, 0.3) is 0 Å². The Balaban J connectivity index is 0.000000633. The van der Waals surface area contributed by atoms with Gasteiger partial charge in [-0.1, -0.05) is 20.3 Å². The van der Waals surface area contributed by atoms with Crippen LogP contribution in [-0.2, 0) is 9.59 Å². The number of nitrogens with one attached hydrogen (secondary N) is 2. The van der Waals surface area contributed by atoms with Gasteiger partial charge in [-0.3, -0.25) is 9.59 Å². The molecule has 0 bridgehead atoms. The van der Waals surface area contributed by atoms with Crippen molar-refractivity contribution in [2.75, 3.05) is 50.0 Å². The number of anilines is 2. The van der Waals surface area contributed by atoms with Gasteiger partial charge in [-0.25, -0.2) is 9.78 Å². The number of alkyl halides is 3. The molecule has 2 heterocycles. The molecule has 32 heavy (non-hydrogen) atoms. The topological polar surface area (TPSA) is 115 Å². The first-order chi connectivity index (χ1) is 15.0. The minimum atomic E-state index is -5.08. The number of carboxylic acid groups (broad SMARTS) is 1. The minimum Gasteiger partial charge on any atom is -0.475 e. The summed E-state index contributed by atoms with van der Waals surface area (Å²) >= 11 is 0. The maximum atomic E-state index is 13.0. The Morgan fingerprint density at radius 2 is 1.84 bits per heavy atom. The Morgan fingerprint density at radius 3 is 2.34 bits per heavy atom. The summed E-state index contributed by atoms with van der Waals surface area (Å²) in [7, 11) is 1.82. The molecule has 9 nitrogen and oxygen atoms in total. The summed E-state index contributed by atoms with van der Waals surface area (Å²) in [5.41, 5.74) is 1.12. The van der Waals surface area contributed by atoms with Crippen LogP contribution in [0.1, 0.15) is 43.5 Å². The van der Waals surface area contributed by atoms with E-state index in [1.807, 2.05) is 7.05 Å². The molecule has 1 aliphatic heterocycles. The van der Waals surface area contributed by atoms with E-state index in [4.69, 9.17) is 9.90 Å². The van der Waals surface area contributed by atoms with Crippen LogP contribution in [0.5, 0.6) is 0 Å². The van der Waals surface area contributed by atoms with Crippen LogP contribution < -0.4 is 15.5 Å². The van der Waals surface area contributed by atoms with Crippen molar-refractivity contribution in [2.45, 2.75) is 39.3 Å². The zero-order valence-electron chi connectivity index (χ0n) is 18.5. The van der Waals surface area contributed by atoms with Crippen molar-refractivity contribution in [1.29, 1.82) is 0 Å². The third kappa shape index (κ3) is 8.69. The molecule has 0 spiro atoms. The van der Waals surface area contributed by atoms with Crippen molar-refractivity contribution in [1.82, 2.24) is 15.2 Å². The summed E-state index contributed by atoms with van der Waals surface area (Å²) in [6.45, 7) is 7.97. The summed E-state index contributed by atoms with van der Waals surface area (Å²) in [5, 5.41) is 13.2. The first kappa shape index (κ1) is 27.1. The van der Waals surface area contributed by atoms with Gasteiger partial charge in [0.2, 0.25) is 5.91 Å². The third-order valence-corrected chi connectivity index (χ3v) is 4.55. The lowest BCUT2D eigenvalue weighted by atomic mass is 10.1. The third-order valence-electron chi connectivity index (χ3n) is 4.55. The van der Waals surface area contributed by atoms with Gasteiger partial charge in [0.25, 0.3) is 5.91 Å². The molecule has 3 N–H and O–H groups in total. The fourth-order valence-corrected chi connectivity index (χ4v) is 2.76. The number of piperazine rings is 1. The molecule has 1 aliphatic rings. The second kappa shape index (κ2) is 12.8. The van der Waals surface area contributed by atoms with E-state index in [2.05, 4.69) is 27.4 Å². The molecule has 0 aliphatic carbocycles. The normalized spacial score (nSPS) is 13.6. The lowest BCUT2D eigenvalue weighted by molar-refractivity contribution is -0.192. The molecule has 0 unspecified atom stereocenters. The summed E-state index contributed by atoms with van der Waals surface area (Å²) in [4.78, 5) is 41.9. The number of nitrogens with zero attached hydrogens (tertiary/aromatic N) is 3. The lowest BCUT2D eigenvalue weighted by Gasteiger charge is -2.30. The lowest BCUT2D eigenvalue weighted by Crippen LogP contribution is -2.45. The van der Waals surface area contributed by atoms with Gasteiger partial charge in [0.15, 0.2) is 0 Å². The molecule has 1 saturated heterocycles. The molecule has 180 valence electrons.